The fraction of sp³-hybridized carbons (Fsp3) is 0.296. The van der Waals surface area contributed by atoms with Crippen molar-refractivity contribution in [3.05, 3.63) is 121 Å². The van der Waals surface area contributed by atoms with Crippen LogP contribution in [0.25, 0.3) is 86.9 Å². The number of rotatable bonds is 18. The monoisotopic (exact) mass is 734 g/mol. The van der Waals surface area contributed by atoms with Crippen LogP contribution < -0.4 is 9.47 Å². The predicted molar refractivity (Wildman–Crippen MR) is 242 cm³/mol. The van der Waals surface area contributed by atoms with Gasteiger partial charge in [0.25, 0.3) is 0 Å². The van der Waals surface area contributed by atoms with Crippen LogP contribution in [0.5, 0.6) is 11.5 Å². The molecule has 0 aliphatic rings. The highest BCUT2D eigenvalue weighted by Crippen LogP contribution is 2.48. The Hall–Kier alpha value is -5.34. The largest absolute Gasteiger partial charge is 0.493 e. The third kappa shape index (κ3) is 6.89. The molecule has 0 atom stereocenters. The summed E-state index contributed by atoms with van der Waals surface area (Å²) in [5, 5.41) is 15.5. The van der Waals surface area contributed by atoms with Gasteiger partial charge in [-0.05, 0) is 101 Å². The second-order valence-corrected chi connectivity index (χ2v) is 16.0. The van der Waals surface area contributed by atoms with E-state index in [0.717, 1.165) is 35.5 Å². The second kappa shape index (κ2) is 16.4. The van der Waals surface area contributed by atoms with Gasteiger partial charge in [0.15, 0.2) is 0 Å². The first-order valence-corrected chi connectivity index (χ1v) is 21.5. The Bertz CT molecular complexity index is 2520. The molecule has 0 spiro atoms. The highest BCUT2D eigenvalue weighted by Gasteiger charge is 2.21. The van der Waals surface area contributed by atoms with Gasteiger partial charge in [-0.2, -0.15) is 0 Å². The SMILES string of the molecule is CCCCCCCCOc1cc(-c2ccc3ccc4cccc5ccc2c3c45)c(OCCCCCCCC)cc1-c1ccc2ccc3cccc4ccc1c2c34. The highest BCUT2D eigenvalue weighted by molar-refractivity contribution is 6.27. The van der Waals surface area contributed by atoms with E-state index in [0.29, 0.717) is 13.2 Å². The minimum Gasteiger partial charge on any atom is -0.493 e. The molecule has 2 nitrogen and oxygen atoms in total. The van der Waals surface area contributed by atoms with Crippen LogP contribution in [0.2, 0.25) is 0 Å². The zero-order chi connectivity index (χ0) is 37.8. The third-order valence-corrected chi connectivity index (χ3v) is 12.2. The fourth-order valence-electron chi connectivity index (χ4n) is 9.29. The summed E-state index contributed by atoms with van der Waals surface area (Å²) in [5.41, 5.74) is 4.60. The molecule has 9 rings (SSSR count). The van der Waals surface area contributed by atoms with Gasteiger partial charge in [0, 0.05) is 11.1 Å². The van der Waals surface area contributed by atoms with Crippen LogP contribution >= 0.6 is 0 Å². The standard InChI is InChI=1S/C54H54O2/c1-3-5-7-9-11-13-33-55-49-35-48(44-30-26-42-24-22-38-18-16-20-40-28-32-46(44)54(42)52(38)40)50(56-34-14-12-10-8-6-4-2)36-47(49)43-29-25-41-23-21-37-17-15-19-39-27-31-45(43)53(41)51(37)39/h15-32,35-36H,3-14,33-34H2,1-2H3. The Morgan fingerprint density at radius 3 is 1.07 bits per heavy atom. The van der Waals surface area contributed by atoms with Gasteiger partial charge in [-0.3, -0.25) is 0 Å². The zero-order valence-electron chi connectivity index (χ0n) is 33.3. The third-order valence-electron chi connectivity index (χ3n) is 12.2. The number of unbranched alkanes of at least 4 members (excludes halogenated alkanes) is 10. The van der Waals surface area contributed by atoms with Gasteiger partial charge in [-0.1, -0.05) is 187 Å². The topological polar surface area (TPSA) is 18.5 Å². The van der Waals surface area contributed by atoms with Crippen molar-refractivity contribution in [1.29, 1.82) is 0 Å². The number of hydrogen-bond acceptors (Lipinski definition) is 2. The summed E-state index contributed by atoms with van der Waals surface area (Å²) in [4.78, 5) is 0. The minimum absolute atomic E-state index is 0.695. The van der Waals surface area contributed by atoms with Crippen molar-refractivity contribution < 1.29 is 9.47 Å². The lowest BCUT2D eigenvalue weighted by Gasteiger charge is -2.21. The van der Waals surface area contributed by atoms with Crippen LogP contribution in [0.4, 0.5) is 0 Å². The van der Waals surface area contributed by atoms with E-state index in [1.807, 2.05) is 0 Å². The van der Waals surface area contributed by atoms with E-state index in [4.69, 9.17) is 9.47 Å². The highest BCUT2D eigenvalue weighted by atomic mass is 16.5. The Morgan fingerprint density at radius 1 is 0.321 bits per heavy atom. The predicted octanol–water partition coefficient (Wildman–Crippen LogP) is 16.3. The van der Waals surface area contributed by atoms with Crippen LogP contribution in [0.15, 0.2) is 121 Å². The maximum atomic E-state index is 6.96. The molecule has 9 aromatic carbocycles. The summed E-state index contributed by atoms with van der Waals surface area (Å²) in [6.45, 7) is 5.95. The van der Waals surface area contributed by atoms with Crippen molar-refractivity contribution in [1.82, 2.24) is 0 Å². The lowest BCUT2D eigenvalue weighted by molar-refractivity contribution is 0.298. The molecule has 0 heterocycles. The Balaban J connectivity index is 1.20. The van der Waals surface area contributed by atoms with Crippen LogP contribution in [-0.2, 0) is 0 Å². The van der Waals surface area contributed by atoms with Gasteiger partial charge < -0.3 is 9.47 Å². The average molecular weight is 735 g/mol. The molecule has 0 aliphatic carbocycles. The Labute approximate surface area is 332 Å². The molecule has 0 bridgehead atoms. The van der Waals surface area contributed by atoms with Crippen LogP contribution in [0.3, 0.4) is 0 Å². The molecule has 0 radical (unpaired) electrons. The van der Waals surface area contributed by atoms with Crippen molar-refractivity contribution in [2.24, 2.45) is 0 Å². The van der Waals surface area contributed by atoms with Crippen molar-refractivity contribution in [3.8, 4) is 33.8 Å². The number of ether oxygens (including phenoxy) is 2. The van der Waals surface area contributed by atoms with E-state index in [-0.39, 0.29) is 0 Å². The summed E-state index contributed by atoms with van der Waals surface area (Å²) in [6.07, 6.45) is 14.7. The van der Waals surface area contributed by atoms with Crippen molar-refractivity contribution >= 4 is 64.6 Å². The van der Waals surface area contributed by atoms with Crippen LogP contribution in [-0.4, -0.2) is 13.2 Å². The smallest absolute Gasteiger partial charge is 0.128 e. The molecular weight excluding hydrogens is 681 g/mol. The molecule has 2 heteroatoms. The molecule has 0 saturated carbocycles. The average Bonchev–Trinajstić information content (AvgIpc) is 3.24. The maximum Gasteiger partial charge on any atom is 0.128 e. The summed E-state index contributed by atoms with van der Waals surface area (Å²) >= 11 is 0. The normalized spacial score (nSPS) is 12.0. The van der Waals surface area contributed by atoms with Crippen molar-refractivity contribution in [2.45, 2.75) is 90.9 Å². The van der Waals surface area contributed by atoms with E-state index < -0.39 is 0 Å². The second-order valence-electron chi connectivity index (χ2n) is 16.0. The molecule has 282 valence electrons. The van der Waals surface area contributed by atoms with E-state index >= 15 is 0 Å². The van der Waals surface area contributed by atoms with E-state index in [9.17, 15) is 0 Å². The molecule has 0 fully saturated rings. The van der Waals surface area contributed by atoms with Crippen LogP contribution in [0.1, 0.15) is 90.9 Å². The zero-order valence-corrected chi connectivity index (χ0v) is 33.3. The molecule has 0 aliphatic heterocycles. The first kappa shape index (κ1) is 36.3. The van der Waals surface area contributed by atoms with Crippen LogP contribution in [0, 0.1) is 0 Å². The van der Waals surface area contributed by atoms with Gasteiger partial charge in [-0.25, -0.2) is 0 Å². The quantitative estimate of drug-likeness (QED) is 0.0645. The van der Waals surface area contributed by atoms with E-state index in [1.165, 1.54) is 140 Å². The fourth-order valence-corrected chi connectivity index (χ4v) is 9.29. The first-order valence-electron chi connectivity index (χ1n) is 21.5. The Kier molecular flexibility index (Phi) is 10.6. The van der Waals surface area contributed by atoms with Gasteiger partial charge in [0.2, 0.25) is 0 Å². The molecule has 0 aromatic heterocycles. The van der Waals surface area contributed by atoms with Gasteiger partial charge in [0.1, 0.15) is 11.5 Å². The van der Waals surface area contributed by atoms with E-state index in [1.54, 1.807) is 0 Å². The number of benzene rings is 9. The summed E-state index contributed by atoms with van der Waals surface area (Å²) < 4.78 is 13.9. The molecule has 0 N–H and O–H groups in total. The van der Waals surface area contributed by atoms with Gasteiger partial charge in [-0.15, -0.1) is 0 Å². The first-order chi connectivity index (χ1) is 27.7. The van der Waals surface area contributed by atoms with Crippen molar-refractivity contribution in [3.63, 3.8) is 0 Å². The van der Waals surface area contributed by atoms with E-state index in [2.05, 4.69) is 135 Å². The summed E-state index contributed by atoms with van der Waals surface area (Å²) in [7, 11) is 0. The van der Waals surface area contributed by atoms with Crippen molar-refractivity contribution in [2.75, 3.05) is 13.2 Å². The lowest BCUT2D eigenvalue weighted by atomic mass is 9.87. The molecule has 0 unspecified atom stereocenters. The molecule has 0 amide bonds. The maximum absolute atomic E-state index is 6.96. The van der Waals surface area contributed by atoms with Gasteiger partial charge >= 0.3 is 0 Å². The molecule has 56 heavy (non-hydrogen) atoms. The summed E-state index contributed by atoms with van der Waals surface area (Å²) in [5.74, 6) is 1.86. The number of hydrogen-bond donors (Lipinski definition) is 0. The molecular formula is C54H54O2. The lowest BCUT2D eigenvalue weighted by Crippen LogP contribution is -2.03. The molecule has 9 aromatic rings. The molecule has 0 saturated heterocycles. The summed E-state index contributed by atoms with van der Waals surface area (Å²) in [6, 6.07) is 45.4. The minimum atomic E-state index is 0.695. The Morgan fingerprint density at radius 2 is 0.661 bits per heavy atom. The van der Waals surface area contributed by atoms with Gasteiger partial charge in [0.05, 0.1) is 13.2 Å².